The van der Waals surface area contributed by atoms with Gasteiger partial charge in [0.2, 0.25) is 10.0 Å². The molecule has 1 N–H and O–H groups in total. The van der Waals surface area contributed by atoms with Crippen LogP contribution in [0, 0.1) is 26.9 Å². The van der Waals surface area contributed by atoms with E-state index < -0.39 is 44.7 Å². The molecule has 1 aliphatic carbocycles. The van der Waals surface area contributed by atoms with Crippen molar-refractivity contribution >= 4 is 49.4 Å². The summed E-state index contributed by atoms with van der Waals surface area (Å²) in [5, 5.41) is -0.776. The van der Waals surface area contributed by atoms with Crippen molar-refractivity contribution in [3.63, 3.8) is 0 Å². The average molecular weight is 628 g/mol. The number of rotatable bonds is 9. The summed E-state index contributed by atoms with van der Waals surface area (Å²) >= 11 is 1.93. The van der Waals surface area contributed by atoms with Gasteiger partial charge in [-0.25, -0.2) is 26.6 Å². The maximum Gasteiger partial charge on any atom is 0.236 e. The Bertz CT molecular complexity index is 1530. The Labute approximate surface area is 219 Å². The van der Waals surface area contributed by atoms with Gasteiger partial charge in [-0.2, -0.15) is 0 Å². The molecule has 4 aromatic rings. The second kappa shape index (κ2) is 10.0. The first-order valence-electron chi connectivity index (χ1n) is 11.0. The molecule has 0 bridgehead atoms. The molecule has 1 aliphatic rings. The van der Waals surface area contributed by atoms with Gasteiger partial charge in [-0.05, 0) is 52.3 Å². The summed E-state index contributed by atoms with van der Waals surface area (Å²) < 4.78 is 84.6. The standard InChI is InChI=1S/C25H20F3IN2O4S/c26-19-10-17(29)7-6-15(19)8-18-21(27)22(28)24-25(35-13-30-24)23(18)31-36(32,33)20-9-16(20)12-34-11-14-4-2-1-3-5-14/h1-7,10,13,16,20,31H,8-9,11-12H2. The molecule has 0 radical (unpaired) electrons. The lowest BCUT2D eigenvalue weighted by Crippen LogP contribution is -2.22. The number of fused-ring (bicyclic) bond motifs is 1. The Balaban J connectivity index is 1.39. The minimum absolute atomic E-state index is 0.0756. The van der Waals surface area contributed by atoms with Crippen LogP contribution in [-0.2, 0) is 27.8 Å². The third-order valence-corrected chi connectivity index (χ3v) is 8.62. The van der Waals surface area contributed by atoms with Crippen LogP contribution in [-0.4, -0.2) is 25.3 Å². The SMILES string of the molecule is O=S(=O)(Nc1c(Cc2ccc(I)cc2F)c(F)c(F)c2ncoc12)C1CC1COCc1ccccc1. The fourth-order valence-electron chi connectivity index (χ4n) is 4.09. The van der Waals surface area contributed by atoms with Crippen LogP contribution in [0.15, 0.2) is 59.3 Å². The summed E-state index contributed by atoms with van der Waals surface area (Å²) in [6.45, 7) is 0.585. The van der Waals surface area contributed by atoms with Crippen molar-refractivity contribution in [3.8, 4) is 0 Å². The monoisotopic (exact) mass is 628 g/mol. The predicted molar refractivity (Wildman–Crippen MR) is 136 cm³/mol. The summed E-state index contributed by atoms with van der Waals surface area (Å²) in [5.41, 5.74) is -0.302. The first-order valence-corrected chi connectivity index (χ1v) is 13.7. The lowest BCUT2D eigenvalue weighted by Gasteiger charge is -2.15. The van der Waals surface area contributed by atoms with Crippen LogP contribution in [0.4, 0.5) is 18.9 Å². The summed E-state index contributed by atoms with van der Waals surface area (Å²) in [7, 11) is -4.02. The van der Waals surface area contributed by atoms with E-state index >= 15 is 4.39 Å². The lowest BCUT2D eigenvalue weighted by molar-refractivity contribution is 0.111. The van der Waals surface area contributed by atoms with Crippen molar-refractivity contribution in [1.82, 2.24) is 4.98 Å². The van der Waals surface area contributed by atoms with E-state index in [0.717, 1.165) is 12.0 Å². The molecule has 1 heterocycles. The molecule has 6 nitrogen and oxygen atoms in total. The molecule has 1 aromatic heterocycles. The van der Waals surface area contributed by atoms with Gasteiger partial charge in [0, 0.05) is 21.5 Å². The van der Waals surface area contributed by atoms with Crippen molar-refractivity contribution < 1.29 is 30.7 Å². The molecule has 2 unspecified atom stereocenters. The van der Waals surface area contributed by atoms with Crippen molar-refractivity contribution in [2.45, 2.75) is 24.7 Å². The van der Waals surface area contributed by atoms with E-state index in [2.05, 4.69) is 9.71 Å². The number of halogens is 4. The summed E-state index contributed by atoms with van der Waals surface area (Å²) in [5.74, 6) is -3.48. The van der Waals surface area contributed by atoms with Crippen LogP contribution in [0.25, 0.3) is 11.1 Å². The molecule has 11 heteroatoms. The fourth-order valence-corrected chi connectivity index (χ4v) is 6.28. The molecular formula is C25H20F3IN2O4S. The first-order chi connectivity index (χ1) is 17.2. The van der Waals surface area contributed by atoms with Gasteiger partial charge in [-0.3, -0.25) is 4.72 Å². The van der Waals surface area contributed by atoms with E-state index in [0.29, 0.717) is 16.6 Å². The highest BCUT2D eigenvalue weighted by Gasteiger charge is 2.48. The van der Waals surface area contributed by atoms with Crippen LogP contribution < -0.4 is 4.72 Å². The molecule has 1 fully saturated rings. The minimum Gasteiger partial charge on any atom is -0.441 e. The Hall–Kier alpha value is -2.64. The van der Waals surface area contributed by atoms with Crippen molar-refractivity contribution in [3.05, 3.63) is 92.6 Å². The molecular weight excluding hydrogens is 608 g/mol. The number of anilines is 1. The van der Waals surface area contributed by atoms with Crippen LogP contribution in [0.5, 0.6) is 0 Å². The molecule has 0 aliphatic heterocycles. The van der Waals surface area contributed by atoms with Crippen molar-refractivity contribution in [2.75, 3.05) is 11.3 Å². The van der Waals surface area contributed by atoms with E-state index in [4.69, 9.17) is 9.15 Å². The first kappa shape index (κ1) is 25.0. The summed E-state index contributed by atoms with van der Waals surface area (Å²) in [6, 6.07) is 13.8. The number of hydrogen-bond donors (Lipinski definition) is 1. The quantitative estimate of drug-likeness (QED) is 0.238. The predicted octanol–water partition coefficient (Wildman–Crippen LogP) is 5.79. The molecule has 1 saturated carbocycles. The third kappa shape index (κ3) is 5.09. The van der Waals surface area contributed by atoms with E-state index in [1.165, 1.54) is 12.1 Å². The summed E-state index contributed by atoms with van der Waals surface area (Å²) in [4.78, 5) is 3.68. The molecule has 2 atom stereocenters. The van der Waals surface area contributed by atoms with Gasteiger partial charge < -0.3 is 9.15 Å². The maximum atomic E-state index is 15.1. The molecule has 188 valence electrons. The number of hydrogen-bond acceptors (Lipinski definition) is 5. The second-order valence-electron chi connectivity index (χ2n) is 8.61. The number of nitrogens with one attached hydrogen (secondary N) is 1. The molecule has 5 rings (SSSR count). The van der Waals surface area contributed by atoms with Gasteiger partial charge in [0.15, 0.2) is 23.6 Å². The minimum atomic E-state index is -4.02. The van der Waals surface area contributed by atoms with Crippen LogP contribution in [0.3, 0.4) is 0 Å². The topological polar surface area (TPSA) is 81.4 Å². The molecule has 0 spiro atoms. The maximum absolute atomic E-state index is 15.1. The van der Waals surface area contributed by atoms with Crippen LogP contribution in [0.2, 0.25) is 0 Å². The number of ether oxygens (including phenoxy) is 1. The van der Waals surface area contributed by atoms with Gasteiger partial charge in [0.05, 0.1) is 18.5 Å². The normalized spacial score (nSPS) is 17.4. The molecule has 0 saturated heterocycles. The highest BCUT2D eigenvalue weighted by atomic mass is 127. The third-order valence-electron chi connectivity index (χ3n) is 6.09. The van der Waals surface area contributed by atoms with Gasteiger partial charge in [-0.15, -0.1) is 0 Å². The summed E-state index contributed by atoms with van der Waals surface area (Å²) in [6.07, 6.45) is 0.861. The Kier molecular flexibility index (Phi) is 6.97. The average Bonchev–Trinajstić information content (AvgIpc) is 3.47. The highest BCUT2D eigenvalue weighted by Crippen LogP contribution is 2.41. The molecule has 0 amide bonds. The highest BCUT2D eigenvalue weighted by molar-refractivity contribution is 14.1. The Morgan fingerprint density at radius 1 is 1.11 bits per heavy atom. The van der Waals surface area contributed by atoms with Crippen molar-refractivity contribution in [2.24, 2.45) is 5.92 Å². The zero-order chi connectivity index (χ0) is 25.4. The van der Waals surface area contributed by atoms with Gasteiger partial charge in [-0.1, -0.05) is 36.4 Å². The van der Waals surface area contributed by atoms with E-state index in [-0.39, 0.29) is 34.9 Å². The van der Waals surface area contributed by atoms with Crippen LogP contribution >= 0.6 is 22.6 Å². The smallest absolute Gasteiger partial charge is 0.236 e. The molecule has 36 heavy (non-hydrogen) atoms. The Morgan fingerprint density at radius 3 is 2.64 bits per heavy atom. The second-order valence-corrected chi connectivity index (χ2v) is 11.8. The molecule has 3 aromatic carbocycles. The zero-order valence-electron chi connectivity index (χ0n) is 18.7. The van der Waals surface area contributed by atoms with E-state index in [1.807, 2.05) is 52.9 Å². The van der Waals surface area contributed by atoms with Gasteiger partial charge >= 0.3 is 0 Å². The van der Waals surface area contributed by atoms with E-state index in [9.17, 15) is 17.2 Å². The zero-order valence-corrected chi connectivity index (χ0v) is 21.7. The number of aromatic nitrogens is 1. The number of nitrogens with zero attached hydrogens (tertiary/aromatic N) is 1. The fraction of sp³-hybridized carbons (Fsp3) is 0.240. The largest absolute Gasteiger partial charge is 0.441 e. The number of sulfonamides is 1. The number of benzene rings is 3. The van der Waals surface area contributed by atoms with Gasteiger partial charge in [0.25, 0.3) is 0 Å². The van der Waals surface area contributed by atoms with E-state index in [1.54, 1.807) is 6.07 Å². The lowest BCUT2D eigenvalue weighted by atomic mass is 10.0. The van der Waals surface area contributed by atoms with Crippen LogP contribution in [0.1, 0.15) is 23.1 Å². The Morgan fingerprint density at radius 2 is 1.89 bits per heavy atom. The number of oxazole rings is 1. The van der Waals surface area contributed by atoms with Gasteiger partial charge in [0.1, 0.15) is 17.0 Å². The van der Waals surface area contributed by atoms with Crippen molar-refractivity contribution in [1.29, 1.82) is 0 Å².